The molecule has 0 aliphatic rings. The lowest BCUT2D eigenvalue weighted by Gasteiger charge is -2.09. The molecule has 0 atom stereocenters. The highest BCUT2D eigenvalue weighted by atomic mass is 127. The van der Waals surface area contributed by atoms with Crippen LogP contribution >= 0.6 is 45.8 Å². The molecule has 0 spiro atoms. The standard InChI is InChI=1S/C13H8Cl2FIN2O/c14-8-3-6(4-10(18)12(8)15)13(20)19-11-2-1-7(16)5-9(11)17/h1-5H,18H2,(H,19,20). The van der Waals surface area contributed by atoms with E-state index in [0.717, 1.165) is 0 Å². The maximum Gasteiger partial charge on any atom is 0.255 e. The summed E-state index contributed by atoms with van der Waals surface area (Å²) in [7, 11) is 0. The van der Waals surface area contributed by atoms with Gasteiger partial charge < -0.3 is 11.1 Å². The number of anilines is 2. The number of hydrogen-bond donors (Lipinski definition) is 2. The van der Waals surface area contributed by atoms with E-state index in [-0.39, 0.29) is 27.1 Å². The molecule has 2 aromatic rings. The van der Waals surface area contributed by atoms with Crippen molar-refractivity contribution >= 4 is 63.1 Å². The lowest BCUT2D eigenvalue weighted by Crippen LogP contribution is -2.13. The fourth-order valence-corrected chi connectivity index (χ4v) is 2.47. The number of hydrogen-bond acceptors (Lipinski definition) is 2. The minimum Gasteiger partial charge on any atom is -0.397 e. The smallest absolute Gasteiger partial charge is 0.255 e. The summed E-state index contributed by atoms with van der Waals surface area (Å²) in [5.74, 6) is -0.772. The van der Waals surface area contributed by atoms with E-state index >= 15 is 0 Å². The summed E-state index contributed by atoms with van der Waals surface area (Å²) in [5.41, 5.74) is 6.65. The van der Waals surface area contributed by atoms with Gasteiger partial charge in [0.1, 0.15) is 5.82 Å². The minimum absolute atomic E-state index is 0.200. The number of carbonyl (C=O) groups excluding carboxylic acids is 1. The van der Waals surface area contributed by atoms with Crippen molar-refractivity contribution in [1.82, 2.24) is 0 Å². The molecule has 0 saturated heterocycles. The number of rotatable bonds is 2. The third-order valence-electron chi connectivity index (χ3n) is 2.50. The number of benzene rings is 2. The van der Waals surface area contributed by atoms with Gasteiger partial charge in [0.2, 0.25) is 0 Å². The first-order valence-electron chi connectivity index (χ1n) is 5.39. The summed E-state index contributed by atoms with van der Waals surface area (Å²) in [5, 5.41) is 3.06. The average Bonchev–Trinajstić information content (AvgIpc) is 2.38. The Kier molecular flexibility index (Phi) is 4.72. The molecule has 1 amide bonds. The summed E-state index contributed by atoms with van der Waals surface area (Å²) in [6.45, 7) is 0. The van der Waals surface area contributed by atoms with Gasteiger partial charge in [-0.05, 0) is 52.9 Å². The molecular formula is C13H8Cl2FIN2O. The summed E-state index contributed by atoms with van der Waals surface area (Å²) in [6.07, 6.45) is 0. The molecule has 20 heavy (non-hydrogen) atoms. The zero-order chi connectivity index (χ0) is 14.9. The third-order valence-corrected chi connectivity index (χ3v) is 4.21. The van der Waals surface area contributed by atoms with Crippen molar-refractivity contribution in [2.75, 3.05) is 11.1 Å². The highest BCUT2D eigenvalue weighted by molar-refractivity contribution is 14.1. The van der Waals surface area contributed by atoms with Crippen molar-refractivity contribution in [2.45, 2.75) is 0 Å². The molecule has 0 bridgehead atoms. The number of carbonyl (C=O) groups is 1. The Labute approximate surface area is 138 Å². The Morgan fingerprint density at radius 3 is 2.55 bits per heavy atom. The molecule has 0 heterocycles. The highest BCUT2D eigenvalue weighted by Gasteiger charge is 2.13. The molecule has 7 heteroatoms. The van der Waals surface area contributed by atoms with Crippen LogP contribution in [0.5, 0.6) is 0 Å². The van der Waals surface area contributed by atoms with Gasteiger partial charge in [0.05, 0.1) is 21.4 Å². The van der Waals surface area contributed by atoms with Crippen LogP contribution in [0.4, 0.5) is 15.8 Å². The summed E-state index contributed by atoms with van der Waals surface area (Å²) in [6, 6.07) is 6.92. The van der Waals surface area contributed by atoms with Gasteiger partial charge in [-0.2, -0.15) is 0 Å². The Bertz CT molecular complexity index is 671. The topological polar surface area (TPSA) is 55.1 Å². The van der Waals surface area contributed by atoms with Crippen LogP contribution in [0, 0.1) is 9.39 Å². The van der Waals surface area contributed by atoms with Crippen molar-refractivity contribution in [2.24, 2.45) is 0 Å². The second-order valence-corrected chi connectivity index (χ2v) is 5.89. The minimum atomic E-state index is -0.403. The van der Waals surface area contributed by atoms with Gasteiger partial charge in [-0.15, -0.1) is 0 Å². The highest BCUT2D eigenvalue weighted by Crippen LogP contribution is 2.30. The van der Waals surface area contributed by atoms with Crippen molar-refractivity contribution in [3.8, 4) is 0 Å². The molecule has 104 valence electrons. The Morgan fingerprint density at radius 1 is 1.25 bits per heavy atom. The maximum atomic E-state index is 13.0. The normalized spacial score (nSPS) is 10.4. The van der Waals surface area contributed by atoms with Gasteiger partial charge >= 0.3 is 0 Å². The quantitative estimate of drug-likeness (QED) is 0.548. The van der Waals surface area contributed by atoms with E-state index in [1.165, 1.54) is 30.3 Å². The fraction of sp³-hybridized carbons (Fsp3) is 0. The van der Waals surface area contributed by atoms with Crippen LogP contribution in [0.25, 0.3) is 0 Å². The molecular weight excluding hydrogens is 417 g/mol. The first-order chi connectivity index (χ1) is 9.38. The van der Waals surface area contributed by atoms with Crippen LogP contribution in [0.3, 0.4) is 0 Å². The molecule has 2 rings (SSSR count). The van der Waals surface area contributed by atoms with Gasteiger partial charge in [0, 0.05) is 9.13 Å². The molecule has 0 unspecified atom stereocenters. The molecule has 0 fully saturated rings. The predicted octanol–water partition coefficient (Wildman–Crippen LogP) is 4.57. The van der Waals surface area contributed by atoms with Gasteiger partial charge in [-0.25, -0.2) is 4.39 Å². The van der Waals surface area contributed by atoms with Crippen molar-refractivity contribution in [1.29, 1.82) is 0 Å². The summed E-state index contributed by atoms with van der Waals surface area (Å²) < 4.78 is 13.6. The monoisotopic (exact) mass is 424 g/mol. The molecule has 3 N–H and O–H groups in total. The zero-order valence-electron chi connectivity index (χ0n) is 9.88. The predicted molar refractivity (Wildman–Crippen MR) is 87.9 cm³/mol. The number of nitrogen functional groups attached to an aromatic ring is 1. The third kappa shape index (κ3) is 3.34. The molecule has 3 nitrogen and oxygen atoms in total. The lowest BCUT2D eigenvalue weighted by molar-refractivity contribution is 0.102. The van der Waals surface area contributed by atoms with E-state index in [0.29, 0.717) is 9.26 Å². The van der Waals surface area contributed by atoms with Gasteiger partial charge in [0.15, 0.2) is 0 Å². The van der Waals surface area contributed by atoms with E-state index in [1.807, 2.05) is 22.6 Å². The van der Waals surface area contributed by atoms with E-state index in [2.05, 4.69) is 5.32 Å². The second-order valence-electron chi connectivity index (χ2n) is 3.94. The SMILES string of the molecule is Nc1cc(C(=O)Nc2ccc(F)cc2I)cc(Cl)c1Cl. The van der Waals surface area contributed by atoms with Gasteiger partial charge in [0.25, 0.3) is 5.91 Å². The number of nitrogens with two attached hydrogens (primary N) is 1. The second kappa shape index (κ2) is 6.15. The molecule has 0 aliphatic heterocycles. The number of nitrogens with one attached hydrogen (secondary N) is 1. The lowest BCUT2D eigenvalue weighted by atomic mass is 10.2. The van der Waals surface area contributed by atoms with Crippen LogP contribution in [-0.2, 0) is 0 Å². The van der Waals surface area contributed by atoms with Gasteiger partial charge in [-0.1, -0.05) is 23.2 Å². The molecule has 0 radical (unpaired) electrons. The average molecular weight is 425 g/mol. The Balaban J connectivity index is 2.28. The van der Waals surface area contributed by atoms with E-state index in [9.17, 15) is 9.18 Å². The molecule has 0 saturated carbocycles. The van der Waals surface area contributed by atoms with Crippen molar-refractivity contribution in [3.05, 3.63) is 55.3 Å². The van der Waals surface area contributed by atoms with Crippen LogP contribution in [0.1, 0.15) is 10.4 Å². The van der Waals surface area contributed by atoms with Crippen molar-refractivity contribution in [3.63, 3.8) is 0 Å². The summed E-state index contributed by atoms with van der Waals surface area (Å²) in [4.78, 5) is 12.1. The molecule has 0 aromatic heterocycles. The van der Waals surface area contributed by atoms with Crippen LogP contribution in [0.15, 0.2) is 30.3 Å². The Morgan fingerprint density at radius 2 is 1.95 bits per heavy atom. The van der Waals surface area contributed by atoms with Crippen LogP contribution in [0.2, 0.25) is 10.0 Å². The van der Waals surface area contributed by atoms with Gasteiger partial charge in [-0.3, -0.25) is 4.79 Å². The zero-order valence-corrected chi connectivity index (χ0v) is 13.6. The van der Waals surface area contributed by atoms with Crippen molar-refractivity contribution < 1.29 is 9.18 Å². The first-order valence-corrected chi connectivity index (χ1v) is 7.23. The van der Waals surface area contributed by atoms with E-state index in [1.54, 1.807) is 0 Å². The Hall–Kier alpha value is -1.05. The fourth-order valence-electron chi connectivity index (χ4n) is 1.53. The number of amides is 1. The van der Waals surface area contributed by atoms with Crippen LogP contribution in [-0.4, -0.2) is 5.91 Å². The first kappa shape index (κ1) is 15.3. The van der Waals surface area contributed by atoms with Crippen LogP contribution < -0.4 is 11.1 Å². The largest absolute Gasteiger partial charge is 0.397 e. The van der Waals surface area contributed by atoms with E-state index in [4.69, 9.17) is 28.9 Å². The molecule has 0 aliphatic carbocycles. The summed E-state index contributed by atoms with van der Waals surface area (Å²) >= 11 is 13.6. The molecule has 2 aromatic carbocycles. The maximum absolute atomic E-state index is 13.0. The van der Waals surface area contributed by atoms with E-state index < -0.39 is 5.91 Å². The number of halogens is 4.